The number of unbranched alkanes of at least 4 members (excludes halogenated alkanes) is 2. The fraction of sp³-hybridized carbons (Fsp3) is 0.667. The Bertz CT molecular complexity index is 359. The molecule has 1 N–H and O–H groups in total. The normalized spacial score (nSPS) is 13.7. The van der Waals surface area contributed by atoms with E-state index in [4.69, 9.17) is 0 Å². The molecule has 1 rings (SSSR count). The average molecular weight is 276 g/mol. The lowest BCUT2D eigenvalue weighted by molar-refractivity contribution is 0.159. The summed E-state index contributed by atoms with van der Waals surface area (Å²) < 4.78 is 0. The van der Waals surface area contributed by atoms with Crippen LogP contribution in [0, 0.1) is 5.41 Å². The molecule has 0 aliphatic carbocycles. The topological polar surface area (TPSA) is 15.3 Å². The first-order valence-corrected chi connectivity index (χ1v) is 7.92. The highest BCUT2D eigenvalue weighted by Gasteiger charge is 2.30. The van der Waals surface area contributed by atoms with E-state index in [2.05, 4.69) is 75.4 Å². The molecule has 1 atom stereocenters. The zero-order valence-electron chi connectivity index (χ0n) is 13.9. The van der Waals surface area contributed by atoms with Crippen molar-refractivity contribution in [2.75, 3.05) is 27.2 Å². The molecule has 1 aromatic carbocycles. The Morgan fingerprint density at radius 2 is 1.80 bits per heavy atom. The van der Waals surface area contributed by atoms with E-state index in [1.165, 1.54) is 31.4 Å². The molecule has 1 unspecified atom stereocenters. The molecule has 0 spiro atoms. The summed E-state index contributed by atoms with van der Waals surface area (Å²) in [4.78, 5) is 2.48. The van der Waals surface area contributed by atoms with Gasteiger partial charge in [-0.3, -0.25) is 0 Å². The molecule has 20 heavy (non-hydrogen) atoms. The first-order valence-electron chi connectivity index (χ1n) is 7.92. The van der Waals surface area contributed by atoms with E-state index in [0.717, 1.165) is 6.54 Å². The van der Waals surface area contributed by atoms with Gasteiger partial charge < -0.3 is 10.2 Å². The molecule has 0 fully saturated rings. The molecule has 0 saturated heterocycles. The molecule has 0 aliphatic rings. The van der Waals surface area contributed by atoms with Gasteiger partial charge in [-0.25, -0.2) is 0 Å². The zero-order valence-corrected chi connectivity index (χ0v) is 13.9. The maximum atomic E-state index is 3.50. The van der Waals surface area contributed by atoms with Gasteiger partial charge in [-0.2, -0.15) is 0 Å². The lowest BCUT2D eigenvalue weighted by Gasteiger charge is -2.38. The predicted molar refractivity (Wildman–Crippen MR) is 89.0 cm³/mol. The highest BCUT2D eigenvalue weighted by molar-refractivity contribution is 5.21. The number of benzene rings is 1. The van der Waals surface area contributed by atoms with Crippen LogP contribution in [0.2, 0.25) is 0 Å². The van der Waals surface area contributed by atoms with Gasteiger partial charge in [0.2, 0.25) is 0 Å². The summed E-state index contributed by atoms with van der Waals surface area (Å²) in [6.45, 7) is 9.28. The van der Waals surface area contributed by atoms with Gasteiger partial charge in [0.15, 0.2) is 0 Å². The van der Waals surface area contributed by atoms with E-state index in [9.17, 15) is 0 Å². The molecule has 0 aliphatic heterocycles. The van der Waals surface area contributed by atoms with Crippen molar-refractivity contribution in [3.05, 3.63) is 35.9 Å². The number of hydrogen-bond acceptors (Lipinski definition) is 2. The summed E-state index contributed by atoms with van der Waals surface area (Å²) in [6.07, 6.45) is 3.93. The number of rotatable bonds is 9. The fourth-order valence-electron chi connectivity index (χ4n) is 3.15. The monoisotopic (exact) mass is 276 g/mol. The second-order valence-electron chi connectivity index (χ2n) is 6.57. The van der Waals surface area contributed by atoms with Crippen molar-refractivity contribution in [1.82, 2.24) is 10.2 Å². The summed E-state index contributed by atoms with van der Waals surface area (Å²) in [7, 11) is 4.31. The molecule has 0 bridgehead atoms. The molecule has 114 valence electrons. The lowest BCUT2D eigenvalue weighted by atomic mass is 9.80. The summed E-state index contributed by atoms with van der Waals surface area (Å²) in [6, 6.07) is 11.2. The second kappa shape index (κ2) is 8.43. The number of nitrogens with one attached hydrogen (secondary N) is 1. The van der Waals surface area contributed by atoms with Crippen molar-refractivity contribution in [1.29, 1.82) is 0 Å². The van der Waals surface area contributed by atoms with Crippen molar-refractivity contribution in [2.45, 2.75) is 46.1 Å². The van der Waals surface area contributed by atoms with Crippen molar-refractivity contribution in [3.8, 4) is 0 Å². The summed E-state index contributed by atoms with van der Waals surface area (Å²) in [5, 5.41) is 3.50. The van der Waals surface area contributed by atoms with Gasteiger partial charge in [0.1, 0.15) is 0 Å². The van der Waals surface area contributed by atoms with Crippen LogP contribution in [0.3, 0.4) is 0 Å². The maximum absolute atomic E-state index is 3.50. The first kappa shape index (κ1) is 17.2. The van der Waals surface area contributed by atoms with E-state index in [-0.39, 0.29) is 5.41 Å². The van der Waals surface area contributed by atoms with Crippen LogP contribution in [0.25, 0.3) is 0 Å². The Labute approximate surface area is 125 Å². The van der Waals surface area contributed by atoms with Crippen LogP contribution in [0.1, 0.15) is 51.6 Å². The number of nitrogens with zero attached hydrogens (tertiary/aromatic N) is 1. The highest BCUT2D eigenvalue weighted by Crippen LogP contribution is 2.33. The van der Waals surface area contributed by atoms with Crippen molar-refractivity contribution < 1.29 is 0 Å². The van der Waals surface area contributed by atoms with Gasteiger partial charge in [-0.1, -0.05) is 63.9 Å². The van der Waals surface area contributed by atoms with E-state index in [1.54, 1.807) is 0 Å². The molecule has 2 nitrogen and oxygen atoms in total. The van der Waals surface area contributed by atoms with E-state index >= 15 is 0 Å². The molecule has 1 aromatic rings. The van der Waals surface area contributed by atoms with Crippen molar-refractivity contribution >= 4 is 0 Å². The zero-order chi connectivity index (χ0) is 15.0. The van der Waals surface area contributed by atoms with Gasteiger partial charge in [0.25, 0.3) is 0 Å². The third-order valence-corrected chi connectivity index (χ3v) is 4.02. The van der Waals surface area contributed by atoms with Gasteiger partial charge in [-0.05, 0) is 38.0 Å². The molecule has 2 heteroatoms. The van der Waals surface area contributed by atoms with Gasteiger partial charge >= 0.3 is 0 Å². The van der Waals surface area contributed by atoms with Gasteiger partial charge in [0, 0.05) is 12.6 Å². The molecule has 0 heterocycles. The molecule has 0 amide bonds. The summed E-state index contributed by atoms with van der Waals surface area (Å²) in [5.74, 6) is 0. The Morgan fingerprint density at radius 3 is 2.35 bits per heavy atom. The Hall–Kier alpha value is -0.860. The fourth-order valence-corrected chi connectivity index (χ4v) is 3.15. The van der Waals surface area contributed by atoms with Crippen molar-refractivity contribution in [2.24, 2.45) is 5.41 Å². The van der Waals surface area contributed by atoms with Gasteiger partial charge in [-0.15, -0.1) is 0 Å². The predicted octanol–water partition coefficient (Wildman–Crippen LogP) is 4.10. The molecule has 0 radical (unpaired) electrons. The van der Waals surface area contributed by atoms with Crippen LogP contribution < -0.4 is 5.32 Å². The van der Waals surface area contributed by atoms with Crippen molar-refractivity contribution in [3.63, 3.8) is 0 Å². The Balaban J connectivity index is 2.65. The van der Waals surface area contributed by atoms with E-state index in [1.807, 2.05) is 0 Å². The second-order valence-corrected chi connectivity index (χ2v) is 6.57. The third-order valence-electron chi connectivity index (χ3n) is 4.02. The Kier molecular flexibility index (Phi) is 7.25. The SMILES string of the molecule is CCCCCN(C)CC(C)(C)C(NC)c1ccccc1. The molecular weight excluding hydrogens is 244 g/mol. The van der Waals surface area contributed by atoms with Gasteiger partial charge in [0.05, 0.1) is 0 Å². The average Bonchev–Trinajstić information content (AvgIpc) is 2.40. The highest BCUT2D eigenvalue weighted by atomic mass is 15.1. The minimum Gasteiger partial charge on any atom is -0.313 e. The van der Waals surface area contributed by atoms with Crippen LogP contribution in [0.4, 0.5) is 0 Å². The molecule has 0 aromatic heterocycles. The molecular formula is C18H32N2. The minimum atomic E-state index is 0.205. The van der Waals surface area contributed by atoms with Crippen LogP contribution in [-0.4, -0.2) is 32.1 Å². The largest absolute Gasteiger partial charge is 0.313 e. The first-order chi connectivity index (χ1) is 9.51. The Morgan fingerprint density at radius 1 is 1.15 bits per heavy atom. The maximum Gasteiger partial charge on any atom is 0.0381 e. The number of hydrogen-bond donors (Lipinski definition) is 1. The quantitative estimate of drug-likeness (QED) is 0.683. The van der Waals surface area contributed by atoms with Crippen LogP contribution >= 0.6 is 0 Å². The van der Waals surface area contributed by atoms with Crippen LogP contribution in [0.5, 0.6) is 0 Å². The molecule has 0 saturated carbocycles. The van der Waals surface area contributed by atoms with Crippen LogP contribution in [0.15, 0.2) is 30.3 Å². The standard InChI is InChI=1S/C18H32N2/c1-6-7-11-14-20(5)15-18(2,3)17(19-4)16-12-9-8-10-13-16/h8-10,12-13,17,19H,6-7,11,14-15H2,1-5H3. The third kappa shape index (κ3) is 5.26. The summed E-state index contributed by atoms with van der Waals surface area (Å²) in [5.41, 5.74) is 1.58. The van der Waals surface area contributed by atoms with E-state index < -0.39 is 0 Å². The minimum absolute atomic E-state index is 0.205. The summed E-state index contributed by atoms with van der Waals surface area (Å²) >= 11 is 0. The van der Waals surface area contributed by atoms with Crippen LogP contribution in [-0.2, 0) is 0 Å². The smallest absolute Gasteiger partial charge is 0.0381 e. The lowest BCUT2D eigenvalue weighted by Crippen LogP contribution is -2.41. The van der Waals surface area contributed by atoms with E-state index in [0.29, 0.717) is 6.04 Å².